The molecule has 1 aromatic carbocycles. The van der Waals surface area contributed by atoms with E-state index in [1.54, 1.807) is 0 Å². The number of hydrogen-bond acceptors (Lipinski definition) is 2. The molecule has 2 nitrogen and oxygen atoms in total. The molecule has 0 heterocycles. The molecule has 0 aliphatic rings. The Balaban J connectivity index is 2.17. The maximum absolute atomic E-state index is 11.7. The first kappa shape index (κ1) is 18.2. The highest BCUT2D eigenvalue weighted by Gasteiger charge is 2.06. The van der Waals surface area contributed by atoms with Gasteiger partial charge >= 0.3 is 5.97 Å². The van der Waals surface area contributed by atoms with Crippen molar-refractivity contribution in [2.75, 3.05) is 0 Å². The van der Waals surface area contributed by atoms with E-state index in [0.29, 0.717) is 12.2 Å². The van der Waals surface area contributed by atoms with E-state index in [9.17, 15) is 4.79 Å². The molecule has 0 saturated carbocycles. The summed E-state index contributed by atoms with van der Waals surface area (Å²) in [5.74, 6) is 0.547. The van der Waals surface area contributed by atoms with Gasteiger partial charge in [0, 0.05) is 13.6 Å². The van der Waals surface area contributed by atoms with E-state index < -0.39 is 0 Å². The molecule has 0 radical (unpaired) electrons. The lowest BCUT2D eigenvalue weighted by Crippen LogP contribution is -2.07. The van der Waals surface area contributed by atoms with Gasteiger partial charge in [0.05, 0.1) is 0 Å². The summed E-state index contributed by atoms with van der Waals surface area (Å²) in [7, 11) is 0. The van der Waals surface area contributed by atoms with Crippen LogP contribution in [0.3, 0.4) is 0 Å². The minimum Gasteiger partial charge on any atom is -0.426 e. The maximum Gasteiger partial charge on any atom is 0.311 e. The zero-order valence-electron chi connectivity index (χ0n) is 12.0. The van der Waals surface area contributed by atoms with Gasteiger partial charge < -0.3 is 4.74 Å². The van der Waals surface area contributed by atoms with E-state index >= 15 is 0 Å². The van der Waals surface area contributed by atoms with Gasteiger partial charge in [0.15, 0.2) is 0 Å². The van der Waals surface area contributed by atoms with Crippen LogP contribution in [0.5, 0.6) is 5.75 Å². The molecule has 0 unspecified atom stereocenters. The first-order valence-electron chi connectivity index (χ1n) is 7.28. The van der Waals surface area contributed by atoms with Crippen molar-refractivity contribution in [2.24, 2.45) is 0 Å². The largest absolute Gasteiger partial charge is 0.426 e. The molecule has 0 atom stereocenters. The van der Waals surface area contributed by atoms with Crippen molar-refractivity contribution in [1.29, 1.82) is 0 Å². The van der Waals surface area contributed by atoms with E-state index in [1.807, 2.05) is 12.1 Å². The molecule has 0 spiro atoms. The number of carbonyl (C=O) groups excluding carboxylic acids is 1. The van der Waals surface area contributed by atoms with Crippen molar-refractivity contribution in [3.63, 3.8) is 0 Å². The molecule has 0 N–H and O–H groups in total. The van der Waals surface area contributed by atoms with Crippen LogP contribution in [0, 0.1) is 7.14 Å². The molecule has 20 heavy (non-hydrogen) atoms. The van der Waals surface area contributed by atoms with E-state index in [1.165, 1.54) is 32.1 Å². The van der Waals surface area contributed by atoms with Crippen LogP contribution in [-0.4, -0.2) is 5.97 Å². The van der Waals surface area contributed by atoms with Gasteiger partial charge in [-0.25, -0.2) is 0 Å². The Bertz CT molecular complexity index is 399. The van der Waals surface area contributed by atoms with Crippen LogP contribution >= 0.6 is 45.2 Å². The topological polar surface area (TPSA) is 26.3 Å². The van der Waals surface area contributed by atoms with Gasteiger partial charge in [-0.3, -0.25) is 4.79 Å². The Labute approximate surface area is 149 Å². The van der Waals surface area contributed by atoms with Gasteiger partial charge in [0.1, 0.15) is 5.75 Å². The Morgan fingerprint density at radius 2 is 1.50 bits per heavy atom. The number of esters is 1. The number of carbonyl (C=O) groups is 1. The third-order valence-electron chi connectivity index (χ3n) is 3.05. The summed E-state index contributed by atoms with van der Waals surface area (Å²) in [6, 6.07) is 5.84. The maximum atomic E-state index is 11.7. The smallest absolute Gasteiger partial charge is 0.311 e. The number of benzene rings is 1. The van der Waals surface area contributed by atoms with Gasteiger partial charge in [0.25, 0.3) is 0 Å². The monoisotopic (exact) mass is 500 g/mol. The van der Waals surface area contributed by atoms with Gasteiger partial charge in [-0.2, -0.15) is 0 Å². The Kier molecular flexibility index (Phi) is 9.84. The van der Waals surface area contributed by atoms with Gasteiger partial charge in [-0.15, -0.1) is 0 Å². The van der Waals surface area contributed by atoms with Gasteiger partial charge in [-0.1, -0.05) is 45.4 Å². The average Bonchev–Trinajstić information content (AvgIpc) is 2.36. The van der Waals surface area contributed by atoms with Gasteiger partial charge in [0.2, 0.25) is 0 Å². The Morgan fingerprint density at radius 1 is 0.950 bits per heavy atom. The molecule has 0 bridgehead atoms. The lowest BCUT2D eigenvalue weighted by Gasteiger charge is -2.05. The van der Waals surface area contributed by atoms with E-state index in [-0.39, 0.29) is 5.97 Å². The third kappa shape index (κ3) is 8.44. The molecule has 1 rings (SSSR count). The lowest BCUT2D eigenvalue weighted by molar-refractivity contribution is -0.134. The highest BCUT2D eigenvalue weighted by atomic mass is 127. The van der Waals surface area contributed by atoms with Crippen LogP contribution < -0.4 is 4.74 Å². The van der Waals surface area contributed by atoms with Crippen LogP contribution in [0.1, 0.15) is 58.3 Å². The molecule has 0 aliphatic carbocycles. The van der Waals surface area contributed by atoms with Crippen LogP contribution in [0.25, 0.3) is 0 Å². The summed E-state index contributed by atoms with van der Waals surface area (Å²) < 4.78 is 7.55. The first-order valence-corrected chi connectivity index (χ1v) is 9.44. The summed E-state index contributed by atoms with van der Waals surface area (Å²) >= 11 is 4.46. The molecule has 112 valence electrons. The molecule has 0 saturated heterocycles. The van der Waals surface area contributed by atoms with Gasteiger partial charge in [-0.05, 0) is 69.8 Å². The van der Waals surface area contributed by atoms with Crippen LogP contribution in [0.2, 0.25) is 0 Å². The zero-order chi connectivity index (χ0) is 14.8. The summed E-state index contributed by atoms with van der Waals surface area (Å²) in [5, 5.41) is 0. The van der Waals surface area contributed by atoms with Crippen molar-refractivity contribution < 1.29 is 9.53 Å². The predicted molar refractivity (Wildman–Crippen MR) is 100 cm³/mol. The summed E-state index contributed by atoms with van der Waals surface area (Å²) in [6.45, 7) is 2.22. The molecule has 4 heteroatoms. The second-order valence-electron chi connectivity index (χ2n) is 4.95. The number of unbranched alkanes of at least 4 members (excludes halogenated alkanes) is 6. The average molecular weight is 500 g/mol. The molecule has 0 fully saturated rings. The predicted octanol–water partition coefficient (Wildman–Crippen LogP) is 5.94. The van der Waals surface area contributed by atoms with Crippen molar-refractivity contribution in [2.45, 2.75) is 58.3 Å². The normalized spacial score (nSPS) is 10.6. The van der Waals surface area contributed by atoms with Crippen molar-refractivity contribution >= 4 is 51.2 Å². The fourth-order valence-corrected chi connectivity index (χ4v) is 3.88. The van der Waals surface area contributed by atoms with Crippen LogP contribution in [0.15, 0.2) is 18.2 Å². The minimum atomic E-state index is -0.114. The van der Waals surface area contributed by atoms with Crippen molar-refractivity contribution in [1.82, 2.24) is 0 Å². The molecule has 0 amide bonds. The molecule has 0 aliphatic heterocycles. The number of halogens is 2. The van der Waals surface area contributed by atoms with E-state index in [4.69, 9.17) is 4.74 Å². The summed E-state index contributed by atoms with van der Waals surface area (Å²) in [4.78, 5) is 11.7. The van der Waals surface area contributed by atoms with Crippen molar-refractivity contribution in [3.8, 4) is 5.75 Å². The minimum absolute atomic E-state index is 0.114. The second-order valence-corrected chi connectivity index (χ2v) is 7.44. The fourth-order valence-electron chi connectivity index (χ4n) is 2.00. The highest BCUT2D eigenvalue weighted by molar-refractivity contribution is 14.1. The summed E-state index contributed by atoms with van der Waals surface area (Å²) in [6.07, 6.45) is 9.03. The quantitative estimate of drug-likeness (QED) is 0.182. The molecule has 1 aromatic rings. The Morgan fingerprint density at radius 3 is 2.10 bits per heavy atom. The molecule has 0 aromatic heterocycles. The first-order chi connectivity index (χ1) is 9.61. The van der Waals surface area contributed by atoms with E-state index in [2.05, 4.69) is 58.2 Å². The number of ether oxygens (including phenoxy) is 1. The van der Waals surface area contributed by atoms with E-state index in [0.717, 1.165) is 20.0 Å². The molecular formula is C16H22I2O2. The number of rotatable bonds is 9. The third-order valence-corrected chi connectivity index (χ3v) is 4.30. The number of hydrogen-bond donors (Lipinski definition) is 0. The SMILES string of the molecule is CCCCCCCCCC(=O)Oc1cc(I)cc(I)c1. The summed E-state index contributed by atoms with van der Waals surface area (Å²) in [5.41, 5.74) is 0. The lowest BCUT2D eigenvalue weighted by atomic mass is 10.1. The fraction of sp³-hybridized carbons (Fsp3) is 0.562. The standard InChI is InChI=1S/C16H22I2O2/c1-2-3-4-5-6-7-8-9-16(19)20-15-11-13(17)10-14(18)12-15/h10-12H,2-9H2,1H3. The second kappa shape index (κ2) is 10.8. The van der Waals surface area contributed by atoms with Crippen LogP contribution in [0.4, 0.5) is 0 Å². The Hall–Kier alpha value is 0.150. The van der Waals surface area contributed by atoms with Crippen LogP contribution in [-0.2, 0) is 4.79 Å². The van der Waals surface area contributed by atoms with Crippen molar-refractivity contribution in [3.05, 3.63) is 25.3 Å². The zero-order valence-corrected chi connectivity index (χ0v) is 16.3. The highest BCUT2D eigenvalue weighted by Crippen LogP contribution is 2.20. The molecular weight excluding hydrogens is 478 g/mol.